The summed E-state index contributed by atoms with van der Waals surface area (Å²) in [6.07, 6.45) is 2.94. The molecule has 0 bridgehead atoms. The molecule has 6 aromatic rings. The van der Waals surface area contributed by atoms with Crippen LogP contribution in [0, 0.1) is 53.4 Å². The molecule has 0 aromatic heterocycles. The Labute approximate surface area is 387 Å². The first-order valence-electron chi connectivity index (χ1n) is 22.5. The first-order valence-corrected chi connectivity index (χ1v) is 22.5. The van der Waals surface area contributed by atoms with Crippen molar-refractivity contribution in [2.24, 2.45) is 11.8 Å². The van der Waals surface area contributed by atoms with E-state index in [-0.39, 0.29) is 35.5 Å². The van der Waals surface area contributed by atoms with E-state index in [1.807, 2.05) is 139 Å². The monoisotopic (exact) mass is 886 g/mol. The number of hydrogen-bond acceptors (Lipinski definition) is 6. The van der Waals surface area contributed by atoms with Crippen LogP contribution in [-0.2, 0) is 22.4 Å². The second kappa shape index (κ2) is 20.7. The van der Waals surface area contributed by atoms with Gasteiger partial charge in [-0.1, -0.05) is 84.9 Å². The van der Waals surface area contributed by atoms with E-state index in [4.69, 9.17) is 9.47 Å². The number of ether oxygens (including phenoxy) is 2. The Bertz CT molecular complexity index is 2510. The summed E-state index contributed by atoms with van der Waals surface area (Å²) in [6, 6.07) is 39.6. The van der Waals surface area contributed by atoms with Crippen LogP contribution in [0.2, 0.25) is 0 Å². The van der Waals surface area contributed by atoms with Crippen molar-refractivity contribution in [3.8, 4) is 11.5 Å². The zero-order valence-electron chi connectivity index (χ0n) is 38.4. The minimum atomic E-state index is -0.761. The van der Waals surface area contributed by atoms with Crippen molar-refractivity contribution in [1.82, 2.24) is 0 Å². The average molecular weight is 887 g/mol. The van der Waals surface area contributed by atoms with E-state index in [2.05, 4.69) is 34.9 Å². The molecule has 8 rings (SSSR count). The van der Waals surface area contributed by atoms with Crippen LogP contribution in [0.25, 0.3) is 0 Å². The smallest absolute Gasteiger partial charge is 0.307 e. The number of amides is 2. The number of benzene rings is 6. The van der Waals surface area contributed by atoms with Gasteiger partial charge in [-0.15, -0.1) is 0 Å². The highest BCUT2D eigenvalue weighted by molar-refractivity contribution is 6.07. The highest BCUT2D eigenvalue weighted by Crippen LogP contribution is 2.49. The Hall–Kier alpha value is -7.20. The molecule has 0 saturated heterocycles. The number of anilines is 2. The summed E-state index contributed by atoms with van der Waals surface area (Å²) < 4.78 is 11.9. The lowest BCUT2D eigenvalue weighted by Crippen LogP contribution is -2.16. The van der Waals surface area contributed by atoms with Gasteiger partial charge < -0.3 is 30.3 Å². The van der Waals surface area contributed by atoms with Crippen LogP contribution >= 0.6 is 0 Å². The molecule has 0 spiro atoms. The summed E-state index contributed by atoms with van der Waals surface area (Å²) >= 11 is 0. The number of carbonyl (C=O) groups excluding carboxylic acids is 2. The maximum atomic E-state index is 13.1. The van der Waals surface area contributed by atoms with Crippen molar-refractivity contribution in [1.29, 1.82) is 0 Å². The Kier molecular flexibility index (Phi) is 14.7. The third kappa shape index (κ3) is 11.7. The molecule has 2 fully saturated rings. The molecule has 4 N–H and O–H groups in total. The molecule has 10 nitrogen and oxygen atoms in total. The minimum Gasteiger partial charge on any atom is -0.493 e. The van der Waals surface area contributed by atoms with Gasteiger partial charge in [0.05, 0.1) is 25.0 Å². The minimum absolute atomic E-state index is 0.0227. The standard InChI is InChI=1S/2C28H29NO4/c2*1-17-9-10-21(23-16-24(23)28(31)32)15-25(17)29-27(30)26-18(2)13-22(14-19(26)3)33-12-11-20-7-5-4-6-8-20/h2*4-10,13-15,23-24H,11-12,16H2,1-3H3,(H,29,30)(H,31,32)/t2*23-,24-/m10/s1. The molecule has 340 valence electrons. The van der Waals surface area contributed by atoms with Crippen LogP contribution in [0.4, 0.5) is 11.4 Å². The van der Waals surface area contributed by atoms with Crippen LogP contribution in [0.1, 0.15) is 101 Å². The molecule has 0 unspecified atom stereocenters. The number of hydrogen-bond donors (Lipinski definition) is 4. The second-order valence-corrected chi connectivity index (χ2v) is 17.7. The Morgan fingerprint density at radius 1 is 0.485 bits per heavy atom. The van der Waals surface area contributed by atoms with E-state index in [1.165, 1.54) is 11.1 Å². The lowest BCUT2D eigenvalue weighted by atomic mass is 10.0. The van der Waals surface area contributed by atoms with E-state index in [0.717, 1.165) is 80.2 Å². The van der Waals surface area contributed by atoms with E-state index in [1.54, 1.807) is 0 Å². The molecular formula is C56H58N2O8. The van der Waals surface area contributed by atoms with Crippen LogP contribution in [0.15, 0.2) is 121 Å². The van der Waals surface area contributed by atoms with Crippen molar-refractivity contribution in [2.45, 2.75) is 79.1 Å². The van der Waals surface area contributed by atoms with Crippen LogP contribution in [-0.4, -0.2) is 47.2 Å². The number of carboxylic acids is 2. The van der Waals surface area contributed by atoms with Crippen LogP contribution in [0.3, 0.4) is 0 Å². The predicted molar refractivity (Wildman–Crippen MR) is 258 cm³/mol. The van der Waals surface area contributed by atoms with Crippen LogP contribution in [0.5, 0.6) is 11.5 Å². The SMILES string of the molecule is Cc1ccc([C@@H]2C[C@@H]2C(=O)O)cc1NC(=O)c1c(C)cc(OCCc2ccccc2)cc1C.Cc1ccc([C@H]2C[C@H]2C(=O)O)cc1NC(=O)c1c(C)cc(OCCc2ccccc2)cc1C. The zero-order chi connectivity index (χ0) is 47.1. The lowest BCUT2D eigenvalue weighted by Gasteiger charge is -2.15. The van der Waals surface area contributed by atoms with Gasteiger partial charge in [0.1, 0.15) is 11.5 Å². The summed E-state index contributed by atoms with van der Waals surface area (Å²) in [6.45, 7) is 12.7. The van der Waals surface area contributed by atoms with Gasteiger partial charge >= 0.3 is 11.9 Å². The maximum absolute atomic E-state index is 13.1. The molecule has 0 heterocycles. The molecule has 6 aromatic carbocycles. The van der Waals surface area contributed by atoms with Crippen LogP contribution < -0.4 is 20.1 Å². The second-order valence-electron chi connectivity index (χ2n) is 17.7. The Morgan fingerprint density at radius 2 is 0.833 bits per heavy atom. The van der Waals surface area contributed by atoms with Crippen molar-refractivity contribution in [3.05, 3.63) is 188 Å². The number of carboxylic acid groups (broad SMARTS) is 2. The van der Waals surface area contributed by atoms with Gasteiger partial charge in [0.25, 0.3) is 11.8 Å². The molecule has 2 saturated carbocycles. The third-order valence-electron chi connectivity index (χ3n) is 12.6. The van der Waals surface area contributed by atoms with Gasteiger partial charge in [-0.05, 0) is 158 Å². The zero-order valence-corrected chi connectivity index (χ0v) is 38.4. The molecule has 2 aliphatic carbocycles. The van der Waals surface area contributed by atoms with E-state index in [0.29, 0.717) is 37.2 Å². The summed E-state index contributed by atoms with van der Waals surface area (Å²) in [4.78, 5) is 48.7. The van der Waals surface area contributed by atoms with Gasteiger partial charge in [0.15, 0.2) is 0 Å². The fourth-order valence-corrected chi connectivity index (χ4v) is 8.65. The van der Waals surface area contributed by atoms with Crippen molar-refractivity contribution < 1.29 is 38.9 Å². The molecule has 4 atom stereocenters. The van der Waals surface area contributed by atoms with Crippen molar-refractivity contribution in [2.75, 3.05) is 23.8 Å². The first kappa shape index (κ1) is 46.8. The molecule has 2 amide bonds. The van der Waals surface area contributed by atoms with E-state index < -0.39 is 11.9 Å². The largest absolute Gasteiger partial charge is 0.493 e. The molecule has 2 aliphatic rings. The van der Waals surface area contributed by atoms with Gasteiger partial charge in [-0.3, -0.25) is 19.2 Å². The van der Waals surface area contributed by atoms with Gasteiger partial charge in [0.2, 0.25) is 0 Å². The maximum Gasteiger partial charge on any atom is 0.307 e. The third-order valence-corrected chi connectivity index (χ3v) is 12.6. The highest BCUT2D eigenvalue weighted by atomic mass is 16.5. The topological polar surface area (TPSA) is 151 Å². The van der Waals surface area contributed by atoms with Gasteiger partial charge in [0, 0.05) is 35.3 Å². The number of rotatable bonds is 16. The summed E-state index contributed by atoms with van der Waals surface area (Å²) in [5, 5.41) is 24.5. The number of aryl methyl sites for hydroxylation is 6. The fourth-order valence-electron chi connectivity index (χ4n) is 8.65. The lowest BCUT2D eigenvalue weighted by molar-refractivity contribution is -0.139. The normalized spacial score (nSPS) is 16.8. The fraction of sp³-hybridized carbons (Fsp3) is 0.286. The molecule has 0 aliphatic heterocycles. The van der Waals surface area contributed by atoms with E-state index >= 15 is 0 Å². The molecular weight excluding hydrogens is 829 g/mol. The summed E-state index contributed by atoms with van der Waals surface area (Å²) in [5.74, 6) is -0.965. The number of carbonyl (C=O) groups is 4. The Balaban J connectivity index is 0.000000196. The number of aliphatic carboxylic acids is 2. The first-order chi connectivity index (χ1) is 31.7. The quantitative estimate of drug-likeness (QED) is 0.0750. The number of nitrogens with one attached hydrogen (secondary N) is 2. The van der Waals surface area contributed by atoms with Gasteiger partial charge in [-0.25, -0.2) is 0 Å². The molecule has 66 heavy (non-hydrogen) atoms. The highest BCUT2D eigenvalue weighted by Gasteiger charge is 2.45. The van der Waals surface area contributed by atoms with E-state index in [9.17, 15) is 29.4 Å². The van der Waals surface area contributed by atoms with Crippen molar-refractivity contribution >= 4 is 35.1 Å². The predicted octanol–water partition coefficient (Wildman–Crippen LogP) is 11.3. The van der Waals surface area contributed by atoms with Gasteiger partial charge in [-0.2, -0.15) is 0 Å². The summed E-state index contributed by atoms with van der Waals surface area (Å²) in [5.41, 5.74) is 12.3. The van der Waals surface area contributed by atoms with Crippen molar-refractivity contribution in [3.63, 3.8) is 0 Å². The summed E-state index contributed by atoms with van der Waals surface area (Å²) in [7, 11) is 0. The average Bonchev–Trinajstić information content (AvgIpc) is 4.21. The molecule has 0 radical (unpaired) electrons. The molecule has 10 heteroatoms. The Morgan fingerprint density at radius 3 is 1.15 bits per heavy atom.